The van der Waals surface area contributed by atoms with Crippen molar-refractivity contribution in [1.29, 1.82) is 0 Å². The molecule has 0 aliphatic rings. The SMILES string of the molecule is COc1cc(O)cc(O)c1C(=O)C=Cc1cccc(F)c1. The van der Waals surface area contributed by atoms with Gasteiger partial charge in [-0.1, -0.05) is 18.2 Å². The number of halogens is 1. The third-order valence-corrected chi connectivity index (χ3v) is 2.81. The van der Waals surface area contributed by atoms with E-state index in [2.05, 4.69) is 0 Å². The first-order valence-electron chi connectivity index (χ1n) is 6.09. The number of hydrogen-bond acceptors (Lipinski definition) is 4. The number of phenolic OH excluding ortho intramolecular Hbond substituents is 2. The number of ether oxygens (including phenoxy) is 1. The van der Waals surface area contributed by atoms with Gasteiger partial charge in [0.1, 0.15) is 28.6 Å². The normalized spacial score (nSPS) is 10.8. The number of phenols is 2. The number of carbonyl (C=O) groups is 1. The van der Waals surface area contributed by atoms with E-state index >= 15 is 0 Å². The highest BCUT2D eigenvalue weighted by Gasteiger charge is 2.16. The molecule has 0 fully saturated rings. The first kappa shape index (κ1) is 14.6. The Morgan fingerprint density at radius 2 is 2.00 bits per heavy atom. The molecule has 2 aromatic rings. The minimum atomic E-state index is -0.520. The number of hydrogen-bond donors (Lipinski definition) is 2. The summed E-state index contributed by atoms with van der Waals surface area (Å²) in [5.74, 6) is -1.47. The second-order valence-corrected chi connectivity index (χ2v) is 4.29. The Bertz CT molecular complexity index is 707. The van der Waals surface area contributed by atoms with Crippen LogP contribution in [-0.2, 0) is 0 Å². The van der Waals surface area contributed by atoms with Crippen LogP contribution in [0.25, 0.3) is 6.08 Å². The van der Waals surface area contributed by atoms with Gasteiger partial charge < -0.3 is 14.9 Å². The molecule has 0 aliphatic carbocycles. The third-order valence-electron chi connectivity index (χ3n) is 2.81. The molecule has 0 unspecified atom stereocenters. The van der Waals surface area contributed by atoms with E-state index in [1.54, 1.807) is 6.07 Å². The zero-order valence-electron chi connectivity index (χ0n) is 11.2. The van der Waals surface area contributed by atoms with Crippen molar-refractivity contribution in [3.8, 4) is 17.2 Å². The third kappa shape index (κ3) is 3.39. The van der Waals surface area contributed by atoms with Crippen LogP contribution >= 0.6 is 0 Å². The minimum Gasteiger partial charge on any atom is -0.508 e. The van der Waals surface area contributed by atoms with E-state index in [1.165, 1.54) is 43.5 Å². The molecule has 2 rings (SSSR count). The van der Waals surface area contributed by atoms with Crippen molar-refractivity contribution in [2.75, 3.05) is 7.11 Å². The van der Waals surface area contributed by atoms with Gasteiger partial charge in [-0.05, 0) is 23.8 Å². The Labute approximate surface area is 120 Å². The molecule has 0 aromatic heterocycles. The Morgan fingerprint density at radius 3 is 2.67 bits per heavy atom. The molecule has 0 saturated heterocycles. The fourth-order valence-corrected chi connectivity index (χ4v) is 1.86. The van der Waals surface area contributed by atoms with Crippen LogP contribution in [0.2, 0.25) is 0 Å². The number of aromatic hydroxyl groups is 2. The summed E-state index contributed by atoms with van der Waals surface area (Å²) in [6.45, 7) is 0. The smallest absolute Gasteiger partial charge is 0.193 e. The molecule has 21 heavy (non-hydrogen) atoms. The van der Waals surface area contributed by atoms with Crippen LogP contribution in [0.3, 0.4) is 0 Å². The molecular weight excluding hydrogens is 275 g/mol. The summed E-state index contributed by atoms with van der Waals surface area (Å²) in [6, 6.07) is 8.01. The lowest BCUT2D eigenvalue weighted by Crippen LogP contribution is -1.99. The van der Waals surface area contributed by atoms with E-state index in [-0.39, 0.29) is 22.8 Å². The van der Waals surface area contributed by atoms with Crippen LogP contribution in [0.15, 0.2) is 42.5 Å². The van der Waals surface area contributed by atoms with Gasteiger partial charge in [0.25, 0.3) is 0 Å². The number of methoxy groups -OCH3 is 1. The Hall–Kier alpha value is -2.82. The van der Waals surface area contributed by atoms with E-state index in [1.807, 2.05) is 0 Å². The number of ketones is 1. The first-order valence-corrected chi connectivity index (χ1v) is 6.09. The molecule has 0 heterocycles. The zero-order chi connectivity index (χ0) is 15.4. The molecule has 0 atom stereocenters. The van der Waals surface area contributed by atoms with Gasteiger partial charge in [-0.15, -0.1) is 0 Å². The Kier molecular flexibility index (Phi) is 4.23. The van der Waals surface area contributed by atoms with Crippen molar-refractivity contribution in [2.45, 2.75) is 0 Å². The van der Waals surface area contributed by atoms with E-state index in [0.29, 0.717) is 5.56 Å². The molecule has 0 saturated carbocycles. The van der Waals surface area contributed by atoms with Gasteiger partial charge in [-0.25, -0.2) is 4.39 Å². The van der Waals surface area contributed by atoms with Crippen LogP contribution < -0.4 is 4.74 Å². The minimum absolute atomic E-state index is 0.0568. The summed E-state index contributed by atoms with van der Waals surface area (Å²) in [5.41, 5.74) is 0.448. The first-order chi connectivity index (χ1) is 10.0. The predicted octanol–water partition coefficient (Wildman–Crippen LogP) is 3.14. The molecule has 108 valence electrons. The monoisotopic (exact) mass is 288 g/mol. The van der Waals surface area contributed by atoms with Gasteiger partial charge >= 0.3 is 0 Å². The second kappa shape index (κ2) is 6.09. The van der Waals surface area contributed by atoms with Gasteiger partial charge in [-0.2, -0.15) is 0 Å². The zero-order valence-corrected chi connectivity index (χ0v) is 11.2. The lowest BCUT2D eigenvalue weighted by atomic mass is 10.1. The fourth-order valence-electron chi connectivity index (χ4n) is 1.86. The topological polar surface area (TPSA) is 66.8 Å². The number of carbonyl (C=O) groups excluding carboxylic acids is 1. The number of allylic oxidation sites excluding steroid dienone is 1. The average Bonchev–Trinajstić information content (AvgIpc) is 2.44. The van der Waals surface area contributed by atoms with Gasteiger partial charge in [-0.3, -0.25) is 4.79 Å². The van der Waals surface area contributed by atoms with E-state index in [0.717, 1.165) is 6.07 Å². The van der Waals surface area contributed by atoms with Crippen LogP contribution in [0.5, 0.6) is 17.2 Å². The summed E-state index contributed by atoms with van der Waals surface area (Å²) >= 11 is 0. The molecule has 0 bridgehead atoms. The lowest BCUT2D eigenvalue weighted by Gasteiger charge is -2.08. The molecule has 0 radical (unpaired) electrons. The summed E-state index contributed by atoms with van der Waals surface area (Å²) in [7, 11) is 1.32. The highest BCUT2D eigenvalue weighted by Crippen LogP contribution is 2.33. The summed E-state index contributed by atoms with van der Waals surface area (Å²) in [5, 5.41) is 19.1. The maximum absolute atomic E-state index is 13.0. The van der Waals surface area contributed by atoms with E-state index < -0.39 is 11.6 Å². The van der Waals surface area contributed by atoms with Crippen LogP contribution in [0.1, 0.15) is 15.9 Å². The van der Waals surface area contributed by atoms with Crippen molar-refractivity contribution in [2.24, 2.45) is 0 Å². The highest BCUT2D eigenvalue weighted by atomic mass is 19.1. The van der Waals surface area contributed by atoms with E-state index in [9.17, 15) is 19.4 Å². The van der Waals surface area contributed by atoms with Crippen molar-refractivity contribution in [3.05, 3.63) is 59.4 Å². The van der Waals surface area contributed by atoms with E-state index in [4.69, 9.17) is 4.74 Å². The Balaban J connectivity index is 2.33. The Morgan fingerprint density at radius 1 is 1.24 bits per heavy atom. The largest absolute Gasteiger partial charge is 0.508 e. The van der Waals surface area contributed by atoms with Crippen LogP contribution in [0.4, 0.5) is 4.39 Å². The van der Waals surface area contributed by atoms with Crippen LogP contribution in [0, 0.1) is 5.82 Å². The maximum Gasteiger partial charge on any atom is 0.193 e. The quantitative estimate of drug-likeness (QED) is 0.670. The van der Waals surface area contributed by atoms with Crippen molar-refractivity contribution >= 4 is 11.9 Å². The molecule has 4 nitrogen and oxygen atoms in total. The fraction of sp³-hybridized carbons (Fsp3) is 0.0625. The second-order valence-electron chi connectivity index (χ2n) is 4.29. The van der Waals surface area contributed by atoms with Gasteiger partial charge in [0.2, 0.25) is 0 Å². The van der Waals surface area contributed by atoms with Crippen molar-refractivity contribution in [3.63, 3.8) is 0 Å². The standard InChI is InChI=1S/C16H13FO4/c1-21-15-9-12(18)8-14(20)16(15)13(19)6-5-10-3-2-4-11(17)7-10/h2-9,18,20H,1H3. The van der Waals surface area contributed by atoms with Crippen molar-refractivity contribution in [1.82, 2.24) is 0 Å². The number of rotatable bonds is 4. The molecule has 2 N–H and O–H groups in total. The molecule has 0 amide bonds. The average molecular weight is 288 g/mol. The summed E-state index contributed by atoms with van der Waals surface area (Å²) in [4.78, 5) is 12.1. The summed E-state index contributed by atoms with van der Waals surface area (Å²) < 4.78 is 18.0. The predicted molar refractivity (Wildman–Crippen MR) is 76.1 cm³/mol. The molecule has 5 heteroatoms. The lowest BCUT2D eigenvalue weighted by molar-refractivity contribution is 0.104. The van der Waals surface area contributed by atoms with Gasteiger partial charge in [0.05, 0.1) is 7.11 Å². The molecule has 2 aromatic carbocycles. The molecular formula is C16H13FO4. The molecule has 0 aliphatic heterocycles. The maximum atomic E-state index is 13.0. The van der Waals surface area contributed by atoms with Gasteiger partial charge in [0, 0.05) is 12.1 Å². The number of benzene rings is 2. The molecule has 0 spiro atoms. The van der Waals surface area contributed by atoms with Gasteiger partial charge in [0.15, 0.2) is 5.78 Å². The van der Waals surface area contributed by atoms with Crippen molar-refractivity contribution < 1.29 is 24.1 Å². The van der Waals surface area contributed by atoms with Crippen LogP contribution in [-0.4, -0.2) is 23.1 Å². The highest BCUT2D eigenvalue weighted by molar-refractivity contribution is 6.10. The summed E-state index contributed by atoms with van der Waals surface area (Å²) in [6.07, 6.45) is 2.63.